The highest BCUT2D eigenvalue weighted by atomic mass is 32.2. The Morgan fingerprint density at radius 3 is 2.50 bits per heavy atom. The number of rotatable bonds is 12. The second-order valence-electron chi connectivity index (χ2n) is 9.73. The Morgan fingerprint density at radius 1 is 1.16 bits per heavy atom. The quantitative estimate of drug-likeness (QED) is 0.383. The standard InChI is InChI=1S/C24H41N3O4S/c1-5-8-9-13-26-22(30)20-24-11-10-17(32-24)18(21(29)25-12-6-2)19(24)23(31)27(20)16(14-28)15(4)7-3/h15-20,28H,5-14H2,1-4H3,(H,25,29)(H,26,30)/t15-,16-,17+,18-,19-,20?,24?/m0/s1. The summed E-state index contributed by atoms with van der Waals surface area (Å²) in [5, 5.41) is 16.4. The largest absolute Gasteiger partial charge is 0.394 e. The number of carbonyl (C=O) groups is 3. The maximum Gasteiger partial charge on any atom is 0.244 e. The maximum absolute atomic E-state index is 13.9. The molecule has 3 aliphatic rings. The lowest BCUT2D eigenvalue weighted by molar-refractivity contribution is -0.143. The molecule has 0 aromatic heterocycles. The summed E-state index contributed by atoms with van der Waals surface area (Å²) in [4.78, 5) is 42.3. The number of nitrogens with zero attached hydrogens (tertiary/aromatic N) is 1. The number of aliphatic hydroxyl groups is 1. The van der Waals surface area contributed by atoms with Gasteiger partial charge in [0.1, 0.15) is 6.04 Å². The predicted molar refractivity (Wildman–Crippen MR) is 127 cm³/mol. The van der Waals surface area contributed by atoms with Gasteiger partial charge in [-0.2, -0.15) is 0 Å². The molecule has 2 bridgehead atoms. The van der Waals surface area contributed by atoms with E-state index in [-0.39, 0.29) is 35.5 Å². The van der Waals surface area contributed by atoms with E-state index in [1.54, 1.807) is 16.7 Å². The van der Waals surface area contributed by atoms with Crippen molar-refractivity contribution >= 4 is 29.5 Å². The van der Waals surface area contributed by atoms with E-state index in [0.717, 1.165) is 44.9 Å². The fourth-order valence-electron chi connectivity index (χ4n) is 5.91. The normalized spacial score (nSPS) is 32.7. The molecule has 0 radical (unpaired) electrons. The van der Waals surface area contributed by atoms with Crippen molar-refractivity contribution in [1.29, 1.82) is 0 Å². The lowest BCUT2D eigenvalue weighted by Gasteiger charge is -2.39. The van der Waals surface area contributed by atoms with Gasteiger partial charge in [-0.3, -0.25) is 14.4 Å². The van der Waals surface area contributed by atoms with Gasteiger partial charge in [-0.25, -0.2) is 0 Å². The van der Waals surface area contributed by atoms with E-state index in [1.165, 1.54) is 0 Å². The van der Waals surface area contributed by atoms with Crippen molar-refractivity contribution < 1.29 is 19.5 Å². The first-order valence-corrected chi connectivity index (χ1v) is 13.4. The molecule has 7 nitrogen and oxygen atoms in total. The van der Waals surface area contributed by atoms with E-state index in [1.807, 2.05) is 20.8 Å². The van der Waals surface area contributed by atoms with Gasteiger partial charge < -0.3 is 20.6 Å². The first-order valence-electron chi connectivity index (χ1n) is 12.5. The van der Waals surface area contributed by atoms with E-state index in [4.69, 9.17) is 0 Å². The third-order valence-electron chi connectivity index (χ3n) is 7.76. The number of amides is 3. The van der Waals surface area contributed by atoms with Gasteiger partial charge >= 0.3 is 0 Å². The topological polar surface area (TPSA) is 98.7 Å². The van der Waals surface area contributed by atoms with E-state index in [2.05, 4.69) is 17.6 Å². The summed E-state index contributed by atoms with van der Waals surface area (Å²) >= 11 is 1.69. The van der Waals surface area contributed by atoms with Crippen LogP contribution in [0.1, 0.15) is 72.6 Å². The van der Waals surface area contributed by atoms with Crippen LogP contribution in [0.4, 0.5) is 0 Å². The third-order valence-corrected chi connectivity index (χ3v) is 9.71. The van der Waals surface area contributed by atoms with E-state index >= 15 is 0 Å². The van der Waals surface area contributed by atoms with E-state index in [9.17, 15) is 19.5 Å². The van der Waals surface area contributed by atoms with Gasteiger partial charge in [0.25, 0.3) is 0 Å². The van der Waals surface area contributed by atoms with Crippen molar-refractivity contribution in [3.05, 3.63) is 0 Å². The van der Waals surface area contributed by atoms with Crippen LogP contribution in [0.15, 0.2) is 0 Å². The van der Waals surface area contributed by atoms with Crippen molar-refractivity contribution in [1.82, 2.24) is 15.5 Å². The lowest BCUT2D eigenvalue weighted by Crippen LogP contribution is -2.57. The zero-order valence-electron chi connectivity index (χ0n) is 20.1. The number of nitrogens with one attached hydrogen (secondary N) is 2. The van der Waals surface area contributed by atoms with Crippen molar-refractivity contribution in [2.24, 2.45) is 17.8 Å². The first kappa shape index (κ1) is 25.3. The molecule has 3 aliphatic heterocycles. The number of hydrogen-bond donors (Lipinski definition) is 3. The molecule has 0 aliphatic carbocycles. The third kappa shape index (κ3) is 4.29. The summed E-state index contributed by atoms with van der Waals surface area (Å²) in [5.41, 5.74) is 0. The van der Waals surface area contributed by atoms with Crippen LogP contribution in [-0.4, -0.2) is 69.5 Å². The molecule has 1 spiro atoms. The van der Waals surface area contributed by atoms with Crippen LogP contribution in [0, 0.1) is 17.8 Å². The second kappa shape index (κ2) is 10.8. The number of unbranched alkanes of at least 4 members (excludes halogenated alkanes) is 2. The highest BCUT2D eigenvalue weighted by molar-refractivity contribution is 8.02. The Morgan fingerprint density at radius 2 is 1.88 bits per heavy atom. The molecule has 0 aromatic carbocycles. The molecule has 3 amide bonds. The zero-order chi connectivity index (χ0) is 23.5. The van der Waals surface area contributed by atoms with Crippen molar-refractivity contribution in [2.45, 2.75) is 94.7 Å². The Hall–Kier alpha value is -1.28. The van der Waals surface area contributed by atoms with Crippen LogP contribution < -0.4 is 10.6 Å². The molecule has 3 N–H and O–H groups in total. The SMILES string of the molecule is CCCCCNC(=O)C1N([C@@H](CO)[C@@H](C)CC)C(=O)[C@@H]2[C@@H](C(=O)NCCC)[C@H]3CCC12S3. The van der Waals surface area contributed by atoms with E-state index < -0.39 is 28.7 Å². The van der Waals surface area contributed by atoms with Crippen LogP contribution in [0.2, 0.25) is 0 Å². The van der Waals surface area contributed by atoms with Gasteiger partial charge in [0.05, 0.1) is 29.2 Å². The number of aliphatic hydroxyl groups excluding tert-OH is 1. The van der Waals surface area contributed by atoms with Gasteiger partial charge in [-0.15, -0.1) is 11.8 Å². The number of fused-ring (bicyclic) bond motifs is 1. The average Bonchev–Trinajstić information content (AvgIpc) is 3.43. The van der Waals surface area contributed by atoms with Crippen molar-refractivity contribution in [2.75, 3.05) is 19.7 Å². The van der Waals surface area contributed by atoms with Gasteiger partial charge in [0.2, 0.25) is 17.7 Å². The van der Waals surface area contributed by atoms with Crippen molar-refractivity contribution in [3.63, 3.8) is 0 Å². The summed E-state index contributed by atoms with van der Waals surface area (Å²) in [6.07, 6.45) is 6.28. The molecule has 182 valence electrons. The van der Waals surface area contributed by atoms with Crippen LogP contribution in [0.25, 0.3) is 0 Å². The molecule has 32 heavy (non-hydrogen) atoms. The fraction of sp³-hybridized carbons (Fsp3) is 0.875. The zero-order valence-corrected chi connectivity index (χ0v) is 20.9. The van der Waals surface area contributed by atoms with Crippen molar-refractivity contribution in [3.8, 4) is 0 Å². The summed E-state index contributed by atoms with van der Waals surface area (Å²) in [6, 6.07) is -1.05. The maximum atomic E-state index is 13.9. The molecule has 3 heterocycles. The summed E-state index contributed by atoms with van der Waals surface area (Å²) in [6.45, 7) is 9.20. The molecule has 2 unspecified atom stereocenters. The molecule has 3 rings (SSSR count). The number of likely N-dealkylation sites (tertiary alicyclic amines) is 1. The Labute approximate surface area is 196 Å². The number of hydrogen-bond acceptors (Lipinski definition) is 5. The molecule has 0 saturated carbocycles. The second-order valence-corrected chi connectivity index (χ2v) is 11.3. The Bertz CT molecular complexity index is 705. The molecule has 7 atom stereocenters. The summed E-state index contributed by atoms with van der Waals surface area (Å²) < 4.78 is -0.578. The fourth-order valence-corrected chi connectivity index (χ4v) is 8.12. The van der Waals surface area contributed by atoms with Crippen LogP contribution in [0.5, 0.6) is 0 Å². The van der Waals surface area contributed by atoms with Gasteiger partial charge in [0.15, 0.2) is 0 Å². The first-order chi connectivity index (χ1) is 15.4. The smallest absolute Gasteiger partial charge is 0.244 e. The van der Waals surface area contributed by atoms with Gasteiger partial charge in [0, 0.05) is 18.3 Å². The van der Waals surface area contributed by atoms with Gasteiger partial charge in [-0.05, 0) is 31.6 Å². The highest BCUT2D eigenvalue weighted by Crippen LogP contribution is 2.66. The van der Waals surface area contributed by atoms with Crippen LogP contribution in [-0.2, 0) is 14.4 Å². The number of carbonyl (C=O) groups excluding carboxylic acids is 3. The monoisotopic (exact) mass is 467 g/mol. The van der Waals surface area contributed by atoms with Gasteiger partial charge in [-0.1, -0.05) is 47.0 Å². The summed E-state index contributed by atoms with van der Waals surface area (Å²) in [5.74, 6) is -1.13. The molecule has 3 fully saturated rings. The Balaban J connectivity index is 1.95. The highest BCUT2D eigenvalue weighted by Gasteiger charge is 2.74. The lowest BCUT2D eigenvalue weighted by atomic mass is 9.70. The molecular weight excluding hydrogens is 426 g/mol. The molecule has 3 saturated heterocycles. The Kier molecular flexibility index (Phi) is 8.53. The minimum absolute atomic E-state index is 0.0580. The predicted octanol–water partition coefficient (Wildman–Crippen LogP) is 2.32. The van der Waals surface area contributed by atoms with Crippen LogP contribution >= 0.6 is 11.8 Å². The molecule has 0 aromatic rings. The number of thioether (sulfide) groups is 1. The molecular formula is C24H41N3O4S. The molecule has 8 heteroatoms. The average molecular weight is 468 g/mol. The van der Waals surface area contributed by atoms with E-state index in [0.29, 0.717) is 13.1 Å². The van der Waals surface area contributed by atoms with Crippen LogP contribution in [0.3, 0.4) is 0 Å². The summed E-state index contributed by atoms with van der Waals surface area (Å²) in [7, 11) is 0. The minimum atomic E-state index is -0.633. The minimum Gasteiger partial charge on any atom is -0.394 e.